The van der Waals surface area contributed by atoms with E-state index in [2.05, 4.69) is 13.2 Å². The van der Waals surface area contributed by atoms with Gasteiger partial charge in [0, 0.05) is 13.5 Å². The molecule has 8 heteroatoms. The lowest BCUT2D eigenvalue weighted by atomic mass is 10.0. The standard InChI is InChI=1S/C24H33NO7/c1-6-20(14-29-13-19-10-8-7-9-11-19)32-22(12-18(4)31-16-28-5)23(26)25-21(17(2)3)15-30-24(25)27/h6-11,17,20-22H,1,4,12-16H2,2-3,5H3/t20-,21-,22-/m1/s1. The second kappa shape index (κ2) is 13.0. The van der Waals surface area contributed by atoms with Crippen LogP contribution in [0.3, 0.4) is 0 Å². The van der Waals surface area contributed by atoms with Crippen LogP contribution in [-0.2, 0) is 35.1 Å². The number of ether oxygens (including phenoxy) is 5. The van der Waals surface area contributed by atoms with Gasteiger partial charge in [0.15, 0.2) is 6.79 Å². The van der Waals surface area contributed by atoms with Crippen molar-refractivity contribution < 1.29 is 33.3 Å². The van der Waals surface area contributed by atoms with E-state index in [4.69, 9.17) is 23.7 Å². The zero-order valence-corrected chi connectivity index (χ0v) is 19.0. The first-order valence-electron chi connectivity index (χ1n) is 10.6. The highest BCUT2D eigenvalue weighted by molar-refractivity contribution is 5.96. The number of carbonyl (C=O) groups is 2. The van der Waals surface area contributed by atoms with Gasteiger partial charge in [-0.05, 0) is 11.5 Å². The summed E-state index contributed by atoms with van der Waals surface area (Å²) in [6.45, 7) is 12.2. The van der Waals surface area contributed by atoms with E-state index in [1.54, 1.807) is 6.08 Å². The quantitative estimate of drug-likeness (QED) is 0.244. The van der Waals surface area contributed by atoms with Gasteiger partial charge in [-0.3, -0.25) is 4.79 Å². The summed E-state index contributed by atoms with van der Waals surface area (Å²) in [7, 11) is 1.48. The Hall–Kier alpha value is -2.68. The van der Waals surface area contributed by atoms with E-state index in [1.165, 1.54) is 7.11 Å². The Balaban J connectivity index is 2.08. The number of imide groups is 1. The summed E-state index contributed by atoms with van der Waals surface area (Å²) in [5.41, 5.74) is 1.02. The molecule has 176 valence electrons. The molecule has 1 aliphatic heterocycles. The lowest BCUT2D eigenvalue weighted by Gasteiger charge is -2.29. The summed E-state index contributed by atoms with van der Waals surface area (Å²) in [4.78, 5) is 26.7. The third-order valence-electron chi connectivity index (χ3n) is 4.98. The molecule has 2 rings (SSSR count). The molecule has 1 saturated heterocycles. The number of rotatable bonds is 14. The van der Waals surface area contributed by atoms with E-state index in [9.17, 15) is 9.59 Å². The second-order valence-corrected chi connectivity index (χ2v) is 7.79. The highest BCUT2D eigenvalue weighted by Gasteiger charge is 2.43. The molecule has 0 aromatic heterocycles. The summed E-state index contributed by atoms with van der Waals surface area (Å²) in [6, 6.07) is 9.34. The monoisotopic (exact) mass is 447 g/mol. The first kappa shape index (κ1) is 25.6. The van der Waals surface area contributed by atoms with Crippen LogP contribution >= 0.6 is 0 Å². The Bertz CT molecular complexity index is 765. The molecule has 1 fully saturated rings. The topological polar surface area (TPSA) is 83.5 Å². The lowest BCUT2D eigenvalue weighted by Crippen LogP contribution is -2.48. The number of hydrogen-bond acceptors (Lipinski definition) is 7. The van der Waals surface area contributed by atoms with Crippen molar-refractivity contribution in [3.8, 4) is 0 Å². The molecule has 32 heavy (non-hydrogen) atoms. The molecule has 0 spiro atoms. The number of methoxy groups -OCH3 is 1. The van der Waals surface area contributed by atoms with Gasteiger partial charge in [-0.15, -0.1) is 6.58 Å². The predicted molar refractivity (Wildman–Crippen MR) is 118 cm³/mol. The normalized spacial score (nSPS) is 17.7. The third-order valence-corrected chi connectivity index (χ3v) is 4.98. The van der Waals surface area contributed by atoms with Gasteiger partial charge in [-0.1, -0.05) is 56.8 Å². The fraction of sp³-hybridized carbons (Fsp3) is 0.500. The van der Waals surface area contributed by atoms with E-state index in [0.717, 1.165) is 10.5 Å². The maximum atomic E-state index is 13.3. The average molecular weight is 448 g/mol. The number of carbonyl (C=O) groups excluding carboxylic acids is 2. The van der Waals surface area contributed by atoms with Crippen LogP contribution in [0.2, 0.25) is 0 Å². The highest BCUT2D eigenvalue weighted by atomic mass is 16.7. The van der Waals surface area contributed by atoms with Gasteiger partial charge in [-0.2, -0.15) is 0 Å². The highest BCUT2D eigenvalue weighted by Crippen LogP contribution is 2.24. The molecular weight excluding hydrogens is 414 g/mol. The number of benzene rings is 1. The second-order valence-electron chi connectivity index (χ2n) is 7.79. The first-order valence-corrected chi connectivity index (χ1v) is 10.6. The van der Waals surface area contributed by atoms with Crippen molar-refractivity contribution in [2.24, 2.45) is 5.92 Å². The minimum Gasteiger partial charge on any atom is -0.472 e. The fourth-order valence-electron chi connectivity index (χ4n) is 3.18. The number of nitrogens with zero attached hydrogens (tertiary/aromatic N) is 1. The Labute approximate surface area is 189 Å². The van der Waals surface area contributed by atoms with Crippen molar-refractivity contribution in [3.05, 3.63) is 60.9 Å². The van der Waals surface area contributed by atoms with Crippen molar-refractivity contribution in [2.75, 3.05) is 27.1 Å². The van der Waals surface area contributed by atoms with E-state index >= 15 is 0 Å². The van der Waals surface area contributed by atoms with Gasteiger partial charge < -0.3 is 23.7 Å². The van der Waals surface area contributed by atoms with Crippen LogP contribution in [0.15, 0.2) is 55.3 Å². The minimum atomic E-state index is -1.03. The first-order chi connectivity index (χ1) is 15.4. The molecule has 1 heterocycles. The number of amides is 2. The Morgan fingerprint density at radius 3 is 2.66 bits per heavy atom. The Kier molecular flexibility index (Phi) is 10.4. The van der Waals surface area contributed by atoms with Crippen LogP contribution in [0, 0.1) is 5.92 Å². The molecule has 0 N–H and O–H groups in total. The molecule has 0 bridgehead atoms. The van der Waals surface area contributed by atoms with Crippen LogP contribution in [0.5, 0.6) is 0 Å². The maximum absolute atomic E-state index is 13.3. The largest absolute Gasteiger partial charge is 0.472 e. The summed E-state index contributed by atoms with van der Waals surface area (Å²) < 4.78 is 27.1. The zero-order valence-electron chi connectivity index (χ0n) is 19.0. The predicted octanol–water partition coefficient (Wildman–Crippen LogP) is 3.67. The van der Waals surface area contributed by atoms with Crippen LogP contribution in [0.4, 0.5) is 4.79 Å². The van der Waals surface area contributed by atoms with Crippen molar-refractivity contribution in [3.63, 3.8) is 0 Å². The molecule has 0 unspecified atom stereocenters. The molecule has 0 radical (unpaired) electrons. The summed E-state index contributed by atoms with van der Waals surface area (Å²) in [5.74, 6) is -0.182. The lowest BCUT2D eigenvalue weighted by molar-refractivity contribution is -0.147. The summed E-state index contributed by atoms with van der Waals surface area (Å²) in [6.07, 6.45) is -0.693. The minimum absolute atomic E-state index is 0.00874. The summed E-state index contributed by atoms with van der Waals surface area (Å²) in [5, 5.41) is 0. The van der Waals surface area contributed by atoms with Crippen molar-refractivity contribution in [1.82, 2.24) is 4.90 Å². The van der Waals surface area contributed by atoms with Gasteiger partial charge in [0.1, 0.15) is 12.7 Å². The van der Waals surface area contributed by atoms with Crippen LogP contribution in [-0.4, -0.2) is 62.3 Å². The van der Waals surface area contributed by atoms with Crippen molar-refractivity contribution >= 4 is 12.0 Å². The van der Waals surface area contributed by atoms with Gasteiger partial charge in [0.2, 0.25) is 0 Å². The molecule has 8 nitrogen and oxygen atoms in total. The number of cyclic esters (lactones) is 1. The van der Waals surface area contributed by atoms with E-state index < -0.39 is 24.2 Å². The molecule has 1 aromatic rings. The maximum Gasteiger partial charge on any atom is 0.417 e. The molecule has 1 aliphatic rings. The Morgan fingerprint density at radius 1 is 1.31 bits per heavy atom. The fourth-order valence-corrected chi connectivity index (χ4v) is 3.18. The van der Waals surface area contributed by atoms with E-state index in [0.29, 0.717) is 12.4 Å². The summed E-state index contributed by atoms with van der Waals surface area (Å²) >= 11 is 0. The average Bonchev–Trinajstić information content (AvgIpc) is 3.18. The smallest absolute Gasteiger partial charge is 0.417 e. The Morgan fingerprint density at radius 2 is 2.03 bits per heavy atom. The third kappa shape index (κ3) is 7.47. The van der Waals surface area contributed by atoms with Crippen LogP contribution in [0.1, 0.15) is 25.8 Å². The molecule has 3 atom stereocenters. The van der Waals surface area contributed by atoms with Gasteiger partial charge in [0.25, 0.3) is 5.91 Å². The zero-order chi connectivity index (χ0) is 23.5. The molecule has 1 aromatic carbocycles. The van der Waals surface area contributed by atoms with Crippen molar-refractivity contribution in [2.45, 2.75) is 45.1 Å². The molecular formula is C24H33NO7. The molecule has 0 saturated carbocycles. The van der Waals surface area contributed by atoms with Crippen molar-refractivity contribution in [1.29, 1.82) is 0 Å². The van der Waals surface area contributed by atoms with Gasteiger partial charge in [0.05, 0.1) is 31.1 Å². The van der Waals surface area contributed by atoms with Crippen LogP contribution in [0.25, 0.3) is 0 Å². The van der Waals surface area contributed by atoms with Gasteiger partial charge >= 0.3 is 6.09 Å². The van der Waals surface area contributed by atoms with Gasteiger partial charge in [-0.25, -0.2) is 9.69 Å². The SMILES string of the molecule is C=C[C@H](COCc1ccccc1)O[C@H](CC(=C)OCOC)C(=O)N1C(=O)OC[C@@H]1C(C)C. The van der Waals surface area contributed by atoms with Crippen LogP contribution < -0.4 is 0 Å². The van der Waals surface area contributed by atoms with E-state index in [1.807, 2.05) is 44.2 Å². The molecule has 0 aliphatic carbocycles. The van der Waals surface area contributed by atoms with E-state index in [-0.39, 0.29) is 38.4 Å². The number of hydrogen-bond donors (Lipinski definition) is 0. The molecule has 2 amide bonds.